The van der Waals surface area contributed by atoms with E-state index in [9.17, 15) is 24.8 Å². The number of nitrogens with zero attached hydrogens (tertiary/aromatic N) is 2. The fraction of sp³-hybridized carbons (Fsp3) is 0.214. The summed E-state index contributed by atoms with van der Waals surface area (Å²) in [7, 11) is 1.47. The lowest BCUT2D eigenvalue weighted by molar-refractivity contribution is -0.384. The second-order valence-electron chi connectivity index (χ2n) is 8.64. The van der Waals surface area contributed by atoms with Gasteiger partial charge in [-0.15, -0.1) is 0 Å². The standard InChI is InChI=1S/C28H26N2O7/c1-18-4-3-5-19(16-18)17-37-23-12-8-21(9-13-23)26(31)24-25(20-6-10-22(11-7-20)30(34)35)29(14-15-36-2)28(33)27(24)32/h3-13,16,25,31H,14-15,17H2,1-2H3. The Kier molecular flexibility index (Phi) is 7.64. The lowest BCUT2D eigenvalue weighted by Gasteiger charge is -2.25. The van der Waals surface area contributed by atoms with Crippen LogP contribution in [-0.2, 0) is 20.9 Å². The molecule has 4 rings (SSSR count). The number of ether oxygens (including phenoxy) is 2. The van der Waals surface area contributed by atoms with Crippen LogP contribution in [0.2, 0.25) is 0 Å². The smallest absolute Gasteiger partial charge is 0.295 e. The van der Waals surface area contributed by atoms with E-state index in [0.717, 1.165) is 11.1 Å². The number of Topliss-reactive ketones (excluding diaryl/α,β-unsaturated/α-hetero) is 1. The summed E-state index contributed by atoms with van der Waals surface area (Å²) in [6.07, 6.45) is 0. The van der Waals surface area contributed by atoms with Crippen molar-refractivity contribution in [1.29, 1.82) is 0 Å². The largest absolute Gasteiger partial charge is 0.507 e. The Morgan fingerprint density at radius 3 is 2.38 bits per heavy atom. The van der Waals surface area contributed by atoms with Crippen LogP contribution in [0, 0.1) is 17.0 Å². The number of non-ortho nitro benzene ring substituents is 1. The van der Waals surface area contributed by atoms with E-state index in [1.54, 1.807) is 24.3 Å². The number of amides is 1. The molecule has 0 saturated carbocycles. The van der Waals surface area contributed by atoms with Gasteiger partial charge in [-0.05, 0) is 54.4 Å². The Hall–Kier alpha value is -4.50. The van der Waals surface area contributed by atoms with Gasteiger partial charge in [0.05, 0.1) is 23.1 Å². The van der Waals surface area contributed by atoms with Crippen LogP contribution in [0.1, 0.15) is 28.3 Å². The Morgan fingerprint density at radius 1 is 1.05 bits per heavy atom. The highest BCUT2D eigenvalue weighted by atomic mass is 16.6. The van der Waals surface area contributed by atoms with E-state index in [1.807, 2.05) is 31.2 Å². The molecule has 1 saturated heterocycles. The maximum atomic E-state index is 13.0. The molecule has 1 aliphatic heterocycles. The summed E-state index contributed by atoms with van der Waals surface area (Å²) in [5.74, 6) is -1.38. The summed E-state index contributed by atoms with van der Waals surface area (Å²) in [5.41, 5.74) is 2.72. The predicted octanol–water partition coefficient (Wildman–Crippen LogP) is 4.55. The first kappa shape index (κ1) is 25.6. The van der Waals surface area contributed by atoms with Gasteiger partial charge < -0.3 is 19.5 Å². The highest BCUT2D eigenvalue weighted by molar-refractivity contribution is 6.46. The normalized spacial score (nSPS) is 16.7. The molecule has 1 unspecified atom stereocenters. The van der Waals surface area contributed by atoms with Gasteiger partial charge in [0.25, 0.3) is 17.4 Å². The first-order valence-corrected chi connectivity index (χ1v) is 11.6. The van der Waals surface area contributed by atoms with Crippen LogP contribution in [0.4, 0.5) is 5.69 Å². The Balaban J connectivity index is 1.65. The van der Waals surface area contributed by atoms with Gasteiger partial charge in [-0.3, -0.25) is 19.7 Å². The number of aliphatic hydroxyl groups is 1. The number of aryl methyl sites for hydroxylation is 1. The fourth-order valence-corrected chi connectivity index (χ4v) is 4.26. The van der Waals surface area contributed by atoms with E-state index in [2.05, 4.69) is 0 Å². The van der Waals surface area contributed by atoms with Crippen LogP contribution in [-0.4, -0.2) is 46.9 Å². The third kappa shape index (κ3) is 5.52. The van der Waals surface area contributed by atoms with Crippen molar-refractivity contribution in [3.05, 3.63) is 111 Å². The maximum Gasteiger partial charge on any atom is 0.295 e. The number of likely N-dealkylation sites (tertiary alicyclic amines) is 1. The quantitative estimate of drug-likeness (QED) is 0.150. The first-order chi connectivity index (χ1) is 17.8. The Bertz CT molecular complexity index is 1350. The molecular formula is C28H26N2O7. The second-order valence-corrected chi connectivity index (χ2v) is 8.64. The van der Waals surface area contributed by atoms with Crippen molar-refractivity contribution in [3.63, 3.8) is 0 Å². The van der Waals surface area contributed by atoms with Crippen LogP contribution < -0.4 is 4.74 Å². The number of ketones is 1. The van der Waals surface area contributed by atoms with Crippen LogP contribution in [0.5, 0.6) is 5.75 Å². The molecule has 1 heterocycles. The number of nitro benzene ring substituents is 1. The van der Waals surface area contributed by atoms with Crippen LogP contribution in [0.3, 0.4) is 0 Å². The van der Waals surface area contributed by atoms with E-state index < -0.39 is 22.7 Å². The van der Waals surface area contributed by atoms with Crippen molar-refractivity contribution in [2.24, 2.45) is 0 Å². The molecule has 0 radical (unpaired) electrons. The number of hydrogen-bond acceptors (Lipinski definition) is 7. The lowest BCUT2D eigenvalue weighted by Crippen LogP contribution is -2.32. The van der Waals surface area contributed by atoms with Crippen LogP contribution in [0.25, 0.3) is 5.76 Å². The maximum absolute atomic E-state index is 13.0. The molecule has 0 spiro atoms. The highest BCUT2D eigenvalue weighted by Gasteiger charge is 2.45. The topological polar surface area (TPSA) is 119 Å². The van der Waals surface area contributed by atoms with E-state index in [1.165, 1.54) is 36.3 Å². The zero-order valence-electron chi connectivity index (χ0n) is 20.4. The molecule has 1 aliphatic rings. The molecule has 1 fully saturated rings. The third-order valence-corrected chi connectivity index (χ3v) is 6.11. The number of rotatable bonds is 9. The summed E-state index contributed by atoms with van der Waals surface area (Å²) in [6.45, 7) is 2.65. The number of benzene rings is 3. The molecule has 190 valence electrons. The molecule has 9 heteroatoms. The minimum atomic E-state index is -0.923. The van der Waals surface area contributed by atoms with E-state index >= 15 is 0 Å². The van der Waals surface area contributed by atoms with E-state index in [0.29, 0.717) is 23.5 Å². The number of hydrogen-bond donors (Lipinski definition) is 1. The SMILES string of the molecule is COCCN1C(=O)C(=O)C(=C(O)c2ccc(OCc3cccc(C)c3)cc2)C1c1ccc([N+](=O)[O-])cc1. The molecule has 1 amide bonds. The summed E-state index contributed by atoms with van der Waals surface area (Å²) in [4.78, 5) is 37.7. The van der Waals surface area contributed by atoms with Gasteiger partial charge in [0.1, 0.15) is 18.1 Å². The summed E-state index contributed by atoms with van der Waals surface area (Å²) in [5, 5.41) is 22.2. The first-order valence-electron chi connectivity index (χ1n) is 11.6. The Morgan fingerprint density at radius 2 is 1.76 bits per heavy atom. The van der Waals surface area contributed by atoms with Crippen molar-refractivity contribution in [2.45, 2.75) is 19.6 Å². The number of methoxy groups -OCH3 is 1. The van der Waals surface area contributed by atoms with Crippen molar-refractivity contribution < 1.29 is 29.1 Å². The molecule has 3 aromatic rings. The monoisotopic (exact) mass is 502 g/mol. The molecule has 9 nitrogen and oxygen atoms in total. The highest BCUT2D eigenvalue weighted by Crippen LogP contribution is 2.39. The minimum Gasteiger partial charge on any atom is -0.507 e. The Labute approximate surface area is 213 Å². The molecule has 0 aliphatic carbocycles. The van der Waals surface area contributed by atoms with Crippen LogP contribution >= 0.6 is 0 Å². The van der Waals surface area contributed by atoms with Gasteiger partial charge in [-0.2, -0.15) is 0 Å². The average molecular weight is 503 g/mol. The van der Waals surface area contributed by atoms with Crippen molar-refractivity contribution >= 4 is 23.1 Å². The molecule has 1 atom stereocenters. The minimum absolute atomic E-state index is 0.0941. The lowest BCUT2D eigenvalue weighted by atomic mass is 9.95. The molecule has 0 bridgehead atoms. The number of nitro groups is 1. The van der Waals surface area contributed by atoms with Gasteiger partial charge in [-0.25, -0.2) is 0 Å². The summed E-state index contributed by atoms with van der Waals surface area (Å²) in [6, 6.07) is 19.1. The van der Waals surface area contributed by atoms with Gasteiger partial charge >= 0.3 is 0 Å². The summed E-state index contributed by atoms with van der Waals surface area (Å²) >= 11 is 0. The third-order valence-electron chi connectivity index (χ3n) is 6.11. The van der Waals surface area contributed by atoms with Gasteiger partial charge in [-0.1, -0.05) is 29.8 Å². The van der Waals surface area contributed by atoms with E-state index in [-0.39, 0.29) is 30.2 Å². The molecule has 0 aromatic heterocycles. The number of carbonyl (C=O) groups excluding carboxylic acids is 2. The van der Waals surface area contributed by atoms with Crippen LogP contribution in [0.15, 0.2) is 78.4 Å². The zero-order chi connectivity index (χ0) is 26.5. The molecule has 37 heavy (non-hydrogen) atoms. The van der Waals surface area contributed by atoms with Gasteiger partial charge in [0.2, 0.25) is 0 Å². The second kappa shape index (κ2) is 11.0. The van der Waals surface area contributed by atoms with Gasteiger partial charge in [0.15, 0.2) is 0 Å². The number of carbonyl (C=O) groups is 2. The van der Waals surface area contributed by atoms with Gasteiger partial charge in [0, 0.05) is 31.4 Å². The van der Waals surface area contributed by atoms with Crippen molar-refractivity contribution in [1.82, 2.24) is 4.90 Å². The fourth-order valence-electron chi connectivity index (χ4n) is 4.26. The predicted molar refractivity (Wildman–Crippen MR) is 136 cm³/mol. The zero-order valence-corrected chi connectivity index (χ0v) is 20.4. The van der Waals surface area contributed by atoms with E-state index in [4.69, 9.17) is 9.47 Å². The number of aliphatic hydroxyl groups excluding tert-OH is 1. The summed E-state index contributed by atoms with van der Waals surface area (Å²) < 4.78 is 10.9. The molecule has 3 aromatic carbocycles. The molecule has 1 N–H and O–H groups in total. The average Bonchev–Trinajstić information content (AvgIpc) is 3.15. The van der Waals surface area contributed by atoms with Crippen molar-refractivity contribution in [2.75, 3.05) is 20.3 Å². The van der Waals surface area contributed by atoms with Crippen molar-refractivity contribution in [3.8, 4) is 5.75 Å². The molecular weight excluding hydrogens is 476 g/mol.